The lowest BCUT2D eigenvalue weighted by Gasteiger charge is -2.34. The van der Waals surface area contributed by atoms with Crippen LogP contribution in [0.15, 0.2) is 71.6 Å². The first-order valence-electron chi connectivity index (χ1n) is 12.8. The molecule has 40 heavy (non-hydrogen) atoms. The van der Waals surface area contributed by atoms with E-state index in [-0.39, 0.29) is 11.4 Å². The van der Waals surface area contributed by atoms with E-state index in [2.05, 4.69) is 5.32 Å². The number of hydrogen-bond acceptors (Lipinski definition) is 4. The molecule has 10 heteroatoms. The Bertz CT molecular complexity index is 1470. The predicted octanol–water partition coefficient (Wildman–Crippen LogP) is 6.14. The smallest absolute Gasteiger partial charge is 0.264 e. The maximum absolute atomic E-state index is 14.1. The SMILES string of the molecule is Cc1ccc(C)c(N(CC(=O)N(Cc2c(Cl)cccc2Cl)[C@@H](C)C(=O)NC(C)(C)C)S(=O)(=O)c2ccccc2)c1. The van der Waals surface area contributed by atoms with E-state index in [1.54, 1.807) is 56.3 Å². The van der Waals surface area contributed by atoms with Crippen molar-refractivity contribution in [3.8, 4) is 0 Å². The van der Waals surface area contributed by atoms with E-state index in [9.17, 15) is 18.0 Å². The molecule has 0 aliphatic heterocycles. The van der Waals surface area contributed by atoms with Gasteiger partial charge in [0, 0.05) is 27.7 Å². The second-order valence-corrected chi connectivity index (χ2v) is 13.4. The number of carbonyl (C=O) groups excluding carboxylic acids is 2. The van der Waals surface area contributed by atoms with Crippen molar-refractivity contribution in [1.82, 2.24) is 10.2 Å². The van der Waals surface area contributed by atoms with Gasteiger partial charge in [-0.15, -0.1) is 0 Å². The Morgan fingerprint density at radius 2 is 1.52 bits per heavy atom. The van der Waals surface area contributed by atoms with Gasteiger partial charge in [0.05, 0.1) is 10.6 Å². The molecular weight excluding hydrogens is 569 g/mol. The lowest BCUT2D eigenvalue weighted by Crippen LogP contribution is -2.54. The van der Waals surface area contributed by atoms with E-state index in [1.807, 2.05) is 39.8 Å². The van der Waals surface area contributed by atoms with E-state index in [4.69, 9.17) is 23.2 Å². The van der Waals surface area contributed by atoms with Gasteiger partial charge in [0.15, 0.2) is 0 Å². The number of carbonyl (C=O) groups is 2. The molecule has 0 aliphatic rings. The van der Waals surface area contributed by atoms with Crippen LogP contribution in [0.1, 0.15) is 44.4 Å². The Morgan fingerprint density at radius 1 is 0.925 bits per heavy atom. The highest BCUT2D eigenvalue weighted by Crippen LogP contribution is 2.30. The fourth-order valence-corrected chi connectivity index (χ4v) is 6.14. The van der Waals surface area contributed by atoms with Crippen molar-refractivity contribution in [2.75, 3.05) is 10.8 Å². The summed E-state index contributed by atoms with van der Waals surface area (Å²) in [5.41, 5.74) is 1.79. The number of aryl methyl sites for hydroxylation is 2. The Balaban J connectivity index is 2.11. The van der Waals surface area contributed by atoms with Crippen LogP contribution >= 0.6 is 23.2 Å². The van der Waals surface area contributed by atoms with Crippen LogP contribution in [0.25, 0.3) is 0 Å². The molecule has 0 aromatic heterocycles. The van der Waals surface area contributed by atoms with Crippen LogP contribution in [0.2, 0.25) is 10.0 Å². The zero-order valence-corrected chi connectivity index (χ0v) is 25.9. The van der Waals surface area contributed by atoms with Crippen molar-refractivity contribution < 1.29 is 18.0 Å². The zero-order chi connectivity index (χ0) is 29.8. The molecule has 0 saturated heterocycles. The van der Waals surface area contributed by atoms with Crippen LogP contribution in [-0.2, 0) is 26.2 Å². The highest BCUT2D eigenvalue weighted by molar-refractivity contribution is 7.92. The number of benzene rings is 3. The first-order valence-corrected chi connectivity index (χ1v) is 15.0. The third kappa shape index (κ3) is 7.56. The van der Waals surface area contributed by atoms with E-state index in [0.29, 0.717) is 26.9 Å². The van der Waals surface area contributed by atoms with E-state index >= 15 is 0 Å². The molecule has 1 atom stereocenters. The minimum atomic E-state index is -4.15. The van der Waals surface area contributed by atoms with Crippen molar-refractivity contribution in [3.05, 3.63) is 93.5 Å². The van der Waals surface area contributed by atoms with Gasteiger partial charge in [-0.05, 0) is 83.0 Å². The number of anilines is 1. The highest BCUT2D eigenvalue weighted by atomic mass is 35.5. The Morgan fingerprint density at radius 3 is 2.10 bits per heavy atom. The first-order chi connectivity index (χ1) is 18.6. The summed E-state index contributed by atoms with van der Waals surface area (Å²) in [6.07, 6.45) is 0. The minimum absolute atomic E-state index is 0.0444. The molecule has 3 aromatic rings. The van der Waals surface area contributed by atoms with Gasteiger partial charge in [-0.2, -0.15) is 0 Å². The predicted molar refractivity (Wildman–Crippen MR) is 161 cm³/mol. The normalized spacial score (nSPS) is 12.5. The zero-order valence-electron chi connectivity index (χ0n) is 23.5. The fraction of sp³-hybridized carbons (Fsp3) is 0.333. The summed E-state index contributed by atoms with van der Waals surface area (Å²) in [6, 6.07) is 17.4. The molecule has 7 nitrogen and oxygen atoms in total. The molecule has 0 spiro atoms. The topological polar surface area (TPSA) is 86.8 Å². The van der Waals surface area contributed by atoms with Crippen LogP contribution in [0.4, 0.5) is 5.69 Å². The quantitative estimate of drug-likeness (QED) is 0.318. The van der Waals surface area contributed by atoms with Crippen LogP contribution in [0.5, 0.6) is 0 Å². The van der Waals surface area contributed by atoms with E-state index in [0.717, 1.165) is 9.87 Å². The molecule has 0 heterocycles. The van der Waals surface area contributed by atoms with Crippen molar-refractivity contribution in [1.29, 1.82) is 0 Å². The molecular formula is C30H35Cl2N3O4S. The second-order valence-electron chi connectivity index (χ2n) is 10.8. The molecule has 0 aliphatic carbocycles. The van der Waals surface area contributed by atoms with Crippen LogP contribution < -0.4 is 9.62 Å². The first kappa shape index (κ1) is 31.5. The van der Waals surface area contributed by atoms with Gasteiger partial charge in [0.1, 0.15) is 12.6 Å². The summed E-state index contributed by atoms with van der Waals surface area (Å²) in [6.45, 7) is 10.1. The van der Waals surface area contributed by atoms with Crippen molar-refractivity contribution in [3.63, 3.8) is 0 Å². The third-order valence-electron chi connectivity index (χ3n) is 6.30. The lowest BCUT2D eigenvalue weighted by molar-refractivity contribution is -0.140. The van der Waals surface area contributed by atoms with Crippen LogP contribution in [0.3, 0.4) is 0 Å². The van der Waals surface area contributed by atoms with Crippen molar-refractivity contribution in [2.24, 2.45) is 0 Å². The average Bonchev–Trinajstić information content (AvgIpc) is 2.87. The number of rotatable bonds is 9. The number of hydrogen-bond donors (Lipinski definition) is 1. The summed E-state index contributed by atoms with van der Waals surface area (Å²) in [5.74, 6) is -0.985. The van der Waals surface area contributed by atoms with Gasteiger partial charge in [0.2, 0.25) is 11.8 Å². The van der Waals surface area contributed by atoms with E-state index in [1.165, 1.54) is 17.0 Å². The Hall–Kier alpha value is -3.07. The number of halogens is 2. The Labute approximate surface area is 247 Å². The van der Waals surface area contributed by atoms with Gasteiger partial charge >= 0.3 is 0 Å². The molecule has 0 bridgehead atoms. The maximum atomic E-state index is 14.1. The molecule has 0 saturated carbocycles. The van der Waals surface area contributed by atoms with Crippen molar-refractivity contribution >= 4 is 50.7 Å². The molecule has 214 valence electrons. The van der Waals surface area contributed by atoms with Crippen molar-refractivity contribution in [2.45, 2.75) is 64.6 Å². The summed E-state index contributed by atoms with van der Waals surface area (Å²) in [5, 5.41) is 3.56. The van der Waals surface area contributed by atoms with E-state index < -0.39 is 40.0 Å². The lowest BCUT2D eigenvalue weighted by atomic mass is 10.1. The number of amides is 2. The summed E-state index contributed by atoms with van der Waals surface area (Å²) < 4.78 is 29.0. The van der Waals surface area contributed by atoms with Gasteiger partial charge < -0.3 is 10.2 Å². The average molecular weight is 605 g/mol. The van der Waals surface area contributed by atoms with Crippen LogP contribution in [-0.4, -0.2) is 43.3 Å². The fourth-order valence-electron chi connectivity index (χ4n) is 4.13. The molecule has 2 amide bonds. The van der Waals surface area contributed by atoms with Gasteiger partial charge in [-0.3, -0.25) is 13.9 Å². The summed E-state index contributed by atoms with van der Waals surface area (Å²) in [7, 11) is -4.15. The molecule has 0 radical (unpaired) electrons. The largest absolute Gasteiger partial charge is 0.350 e. The summed E-state index contributed by atoms with van der Waals surface area (Å²) >= 11 is 12.9. The van der Waals surface area contributed by atoms with Gasteiger partial charge in [0.25, 0.3) is 10.0 Å². The monoisotopic (exact) mass is 603 g/mol. The second kappa shape index (κ2) is 12.6. The molecule has 0 fully saturated rings. The molecule has 1 N–H and O–H groups in total. The summed E-state index contributed by atoms with van der Waals surface area (Å²) in [4.78, 5) is 28.7. The Kier molecular flexibility index (Phi) is 9.93. The molecule has 0 unspecified atom stereocenters. The third-order valence-corrected chi connectivity index (χ3v) is 8.78. The van der Waals surface area contributed by atoms with Crippen LogP contribution in [0, 0.1) is 13.8 Å². The molecule has 3 rings (SSSR count). The molecule has 3 aromatic carbocycles. The standard InChI is InChI=1S/C30H35Cl2N3O4S/c1-20-15-16-21(2)27(17-20)35(40(38,39)23-11-8-7-9-12-23)19-28(36)34(22(3)29(37)33-30(4,5)6)18-24-25(31)13-10-14-26(24)32/h7-17,22H,18-19H2,1-6H3,(H,33,37)/t22-/m0/s1. The number of sulfonamides is 1. The minimum Gasteiger partial charge on any atom is -0.350 e. The number of nitrogens with one attached hydrogen (secondary N) is 1. The van der Waals surface area contributed by atoms with Gasteiger partial charge in [-0.25, -0.2) is 8.42 Å². The van der Waals surface area contributed by atoms with Gasteiger partial charge in [-0.1, -0.05) is 59.6 Å². The highest BCUT2D eigenvalue weighted by Gasteiger charge is 2.34. The maximum Gasteiger partial charge on any atom is 0.264 e. The number of nitrogens with zero attached hydrogens (tertiary/aromatic N) is 2.